The van der Waals surface area contributed by atoms with Gasteiger partial charge >= 0.3 is 0 Å². The van der Waals surface area contributed by atoms with Crippen molar-refractivity contribution in [1.29, 1.82) is 0 Å². The number of carbonyl (C=O) groups excluding carboxylic acids is 2. The minimum atomic E-state index is -0.341. The van der Waals surface area contributed by atoms with E-state index in [0.29, 0.717) is 19.4 Å². The molecule has 3 rings (SSSR count). The monoisotopic (exact) mass is 279 g/mol. The van der Waals surface area contributed by atoms with Crippen LogP contribution in [0.2, 0.25) is 0 Å². The summed E-state index contributed by atoms with van der Waals surface area (Å²) < 4.78 is 0. The van der Waals surface area contributed by atoms with Gasteiger partial charge in [0.2, 0.25) is 11.8 Å². The molecular formula is C16H25NO3. The molecule has 1 spiro atoms. The van der Waals surface area contributed by atoms with Gasteiger partial charge in [-0.15, -0.1) is 0 Å². The largest absolute Gasteiger partial charge is 0.393 e. The van der Waals surface area contributed by atoms with Crippen molar-refractivity contribution < 1.29 is 14.7 Å². The molecule has 3 fully saturated rings. The molecule has 0 bridgehead atoms. The van der Waals surface area contributed by atoms with Gasteiger partial charge < -0.3 is 5.11 Å². The fourth-order valence-corrected chi connectivity index (χ4v) is 4.35. The molecule has 0 radical (unpaired) electrons. The third kappa shape index (κ3) is 2.62. The van der Waals surface area contributed by atoms with Gasteiger partial charge in [0, 0.05) is 25.3 Å². The molecular weight excluding hydrogens is 254 g/mol. The molecule has 1 saturated heterocycles. The van der Waals surface area contributed by atoms with Crippen LogP contribution in [0.1, 0.15) is 64.2 Å². The highest BCUT2D eigenvalue weighted by Gasteiger charge is 2.45. The standard InChI is InChI=1S/C16H25NO3/c18-13-6-2-1-5-12(13)11-17-14(19)9-16(10-15(17)20)7-3-4-8-16/h12-13,18H,1-11H2. The second kappa shape index (κ2) is 5.47. The van der Waals surface area contributed by atoms with Crippen molar-refractivity contribution in [1.82, 2.24) is 4.90 Å². The molecule has 1 N–H and O–H groups in total. The van der Waals surface area contributed by atoms with E-state index in [9.17, 15) is 14.7 Å². The summed E-state index contributed by atoms with van der Waals surface area (Å²) in [6.07, 6.45) is 9.02. The molecule has 20 heavy (non-hydrogen) atoms. The van der Waals surface area contributed by atoms with Gasteiger partial charge in [-0.3, -0.25) is 14.5 Å². The number of aliphatic hydroxyl groups excluding tert-OH is 1. The predicted octanol–water partition coefficient (Wildman–Crippen LogP) is 2.25. The van der Waals surface area contributed by atoms with Crippen LogP contribution >= 0.6 is 0 Å². The Morgan fingerprint density at radius 2 is 1.60 bits per heavy atom. The molecule has 1 heterocycles. The second-order valence-electron chi connectivity index (χ2n) is 7.07. The van der Waals surface area contributed by atoms with E-state index >= 15 is 0 Å². The minimum Gasteiger partial charge on any atom is -0.393 e. The molecule has 2 amide bonds. The van der Waals surface area contributed by atoms with Crippen LogP contribution in [0.15, 0.2) is 0 Å². The van der Waals surface area contributed by atoms with Gasteiger partial charge in [0.05, 0.1) is 6.10 Å². The topological polar surface area (TPSA) is 57.6 Å². The van der Waals surface area contributed by atoms with Gasteiger partial charge in [-0.2, -0.15) is 0 Å². The Balaban J connectivity index is 1.65. The highest BCUT2D eigenvalue weighted by Crippen LogP contribution is 2.47. The zero-order valence-electron chi connectivity index (χ0n) is 12.1. The van der Waals surface area contributed by atoms with Crippen molar-refractivity contribution in [3.63, 3.8) is 0 Å². The van der Waals surface area contributed by atoms with Crippen molar-refractivity contribution in [2.75, 3.05) is 6.54 Å². The highest BCUT2D eigenvalue weighted by atomic mass is 16.3. The zero-order valence-corrected chi connectivity index (χ0v) is 12.1. The van der Waals surface area contributed by atoms with E-state index in [4.69, 9.17) is 0 Å². The summed E-state index contributed by atoms with van der Waals surface area (Å²) in [5, 5.41) is 10.0. The molecule has 4 nitrogen and oxygen atoms in total. The zero-order chi connectivity index (χ0) is 14.2. The maximum atomic E-state index is 12.4. The second-order valence-corrected chi connectivity index (χ2v) is 7.07. The lowest BCUT2D eigenvalue weighted by atomic mass is 9.76. The number of nitrogens with zero attached hydrogens (tertiary/aromatic N) is 1. The molecule has 0 aromatic rings. The Kier molecular flexibility index (Phi) is 3.85. The van der Waals surface area contributed by atoms with Crippen LogP contribution in [0.25, 0.3) is 0 Å². The normalized spacial score (nSPS) is 34.0. The Hall–Kier alpha value is -0.900. The number of hydrogen-bond donors (Lipinski definition) is 1. The number of hydrogen-bond acceptors (Lipinski definition) is 3. The van der Waals surface area contributed by atoms with E-state index in [-0.39, 0.29) is 29.3 Å². The van der Waals surface area contributed by atoms with E-state index in [1.54, 1.807) is 0 Å². The van der Waals surface area contributed by atoms with Crippen molar-refractivity contribution >= 4 is 11.8 Å². The average Bonchev–Trinajstić information content (AvgIpc) is 2.84. The summed E-state index contributed by atoms with van der Waals surface area (Å²) in [7, 11) is 0. The van der Waals surface area contributed by atoms with Gasteiger partial charge in [-0.05, 0) is 31.1 Å². The van der Waals surface area contributed by atoms with Gasteiger partial charge in [0.15, 0.2) is 0 Å². The maximum absolute atomic E-state index is 12.4. The van der Waals surface area contributed by atoms with E-state index in [1.165, 1.54) is 4.90 Å². The van der Waals surface area contributed by atoms with Gasteiger partial charge in [0.1, 0.15) is 0 Å². The highest BCUT2D eigenvalue weighted by molar-refractivity contribution is 5.98. The van der Waals surface area contributed by atoms with Crippen LogP contribution in [0.4, 0.5) is 0 Å². The fraction of sp³-hybridized carbons (Fsp3) is 0.875. The molecule has 2 unspecified atom stereocenters. The Morgan fingerprint density at radius 1 is 1.00 bits per heavy atom. The number of aliphatic hydroxyl groups is 1. The van der Waals surface area contributed by atoms with Crippen LogP contribution in [0.3, 0.4) is 0 Å². The van der Waals surface area contributed by atoms with Crippen LogP contribution < -0.4 is 0 Å². The van der Waals surface area contributed by atoms with Gasteiger partial charge in [0.25, 0.3) is 0 Å². The fourth-order valence-electron chi connectivity index (χ4n) is 4.35. The lowest BCUT2D eigenvalue weighted by Crippen LogP contribution is -2.50. The Morgan fingerprint density at radius 3 is 2.20 bits per heavy atom. The SMILES string of the molecule is O=C1CC2(CCCC2)CC(=O)N1CC1CCCCC1O. The van der Waals surface area contributed by atoms with E-state index in [0.717, 1.165) is 51.4 Å². The quantitative estimate of drug-likeness (QED) is 0.789. The van der Waals surface area contributed by atoms with Crippen molar-refractivity contribution in [2.45, 2.75) is 70.3 Å². The third-order valence-corrected chi connectivity index (χ3v) is 5.60. The lowest BCUT2D eigenvalue weighted by Gasteiger charge is -2.39. The number of imide groups is 1. The first kappa shape index (κ1) is 14.1. The summed E-state index contributed by atoms with van der Waals surface area (Å²) in [5.74, 6) is 0.0936. The first-order valence-corrected chi connectivity index (χ1v) is 8.11. The first-order valence-electron chi connectivity index (χ1n) is 8.11. The average molecular weight is 279 g/mol. The maximum Gasteiger partial charge on any atom is 0.229 e. The predicted molar refractivity (Wildman–Crippen MR) is 74.8 cm³/mol. The number of likely N-dealkylation sites (tertiary alicyclic amines) is 1. The van der Waals surface area contributed by atoms with Crippen molar-refractivity contribution in [3.05, 3.63) is 0 Å². The molecule has 1 aliphatic heterocycles. The van der Waals surface area contributed by atoms with Crippen LogP contribution in [0.5, 0.6) is 0 Å². The Labute approximate surface area is 120 Å². The summed E-state index contributed by atoms with van der Waals surface area (Å²) >= 11 is 0. The molecule has 4 heteroatoms. The molecule has 0 aromatic carbocycles. The van der Waals surface area contributed by atoms with Gasteiger partial charge in [-0.25, -0.2) is 0 Å². The van der Waals surface area contributed by atoms with E-state index in [1.807, 2.05) is 0 Å². The van der Waals surface area contributed by atoms with E-state index < -0.39 is 0 Å². The summed E-state index contributed by atoms with van der Waals surface area (Å²) in [6.45, 7) is 0.439. The molecule has 3 aliphatic rings. The molecule has 112 valence electrons. The number of amides is 2. The summed E-state index contributed by atoms with van der Waals surface area (Å²) in [4.78, 5) is 26.2. The summed E-state index contributed by atoms with van der Waals surface area (Å²) in [5.41, 5.74) is -0.0180. The third-order valence-electron chi connectivity index (χ3n) is 5.60. The van der Waals surface area contributed by atoms with Crippen molar-refractivity contribution in [3.8, 4) is 0 Å². The van der Waals surface area contributed by atoms with Crippen LogP contribution in [0, 0.1) is 11.3 Å². The molecule has 2 atom stereocenters. The van der Waals surface area contributed by atoms with Crippen molar-refractivity contribution in [2.24, 2.45) is 11.3 Å². The van der Waals surface area contributed by atoms with Gasteiger partial charge in [-0.1, -0.05) is 25.7 Å². The number of piperidine rings is 1. The Bertz CT molecular complexity index is 381. The lowest BCUT2D eigenvalue weighted by molar-refractivity contribution is -0.155. The molecule has 2 saturated carbocycles. The minimum absolute atomic E-state index is 0.000855. The van der Waals surface area contributed by atoms with Crippen LogP contribution in [-0.2, 0) is 9.59 Å². The van der Waals surface area contributed by atoms with Crippen LogP contribution in [-0.4, -0.2) is 34.5 Å². The number of rotatable bonds is 2. The summed E-state index contributed by atoms with van der Waals surface area (Å²) in [6, 6.07) is 0. The number of carbonyl (C=O) groups is 2. The molecule has 2 aliphatic carbocycles. The smallest absolute Gasteiger partial charge is 0.229 e. The first-order chi connectivity index (χ1) is 9.60. The molecule has 0 aromatic heterocycles. The van der Waals surface area contributed by atoms with E-state index in [2.05, 4.69) is 0 Å².